The molecule has 0 aliphatic heterocycles. The number of anilines is 2. The maximum Gasteiger partial charge on any atom is 0.416 e. The van der Waals surface area contributed by atoms with Crippen LogP contribution in [0.4, 0.5) is 42.6 Å². The first-order valence-corrected chi connectivity index (χ1v) is 13.8. The summed E-state index contributed by atoms with van der Waals surface area (Å²) in [6, 6.07) is 8.23. The summed E-state index contributed by atoms with van der Waals surface area (Å²) in [6.45, 7) is 7.16. The zero-order valence-electron chi connectivity index (χ0n) is 24.0. The molecule has 0 bridgehead atoms. The first kappa shape index (κ1) is 33.8. The third-order valence-corrected chi connectivity index (χ3v) is 6.64. The average Bonchev–Trinajstić information content (AvgIpc) is 3.31. The lowest BCUT2D eigenvalue weighted by molar-refractivity contribution is -0.143. The van der Waals surface area contributed by atoms with Crippen LogP contribution in [0.5, 0.6) is 0 Å². The summed E-state index contributed by atoms with van der Waals surface area (Å²) in [5.74, 6) is -0.412. The molecule has 2 N–H and O–H groups in total. The number of nitrogens with zero attached hydrogens (tertiary/aromatic N) is 3. The summed E-state index contributed by atoms with van der Waals surface area (Å²) >= 11 is 6.37. The van der Waals surface area contributed by atoms with Crippen molar-refractivity contribution in [3.8, 4) is 5.69 Å². The molecule has 2 aromatic carbocycles. The Bertz CT molecular complexity index is 1410. The van der Waals surface area contributed by atoms with E-state index in [1.807, 2.05) is 27.7 Å². The maximum atomic E-state index is 13.3. The highest BCUT2D eigenvalue weighted by molar-refractivity contribution is 6.32. The summed E-state index contributed by atoms with van der Waals surface area (Å²) in [5.41, 5.74) is -3.15. The van der Waals surface area contributed by atoms with E-state index in [4.69, 9.17) is 11.6 Å². The van der Waals surface area contributed by atoms with E-state index in [1.165, 1.54) is 4.68 Å². The first-order chi connectivity index (χ1) is 19.9. The van der Waals surface area contributed by atoms with Crippen LogP contribution in [0.3, 0.4) is 0 Å². The summed E-state index contributed by atoms with van der Waals surface area (Å²) in [5, 5.41) is 9.77. The van der Waals surface area contributed by atoms with Crippen molar-refractivity contribution in [1.29, 1.82) is 0 Å². The monoisotopic (exact) mass is 631 g/mol. The third-order valence-electron chi connectivity index (χ3n) is 6.32. The van der Waals surface area contributed by atoms with E-state index in [-0.39, 0.29) is 18.4 Å². The Morgan fingerprint density at radius 3 is 2.05 bits per heavy atom. The lowest BCUT2D eigenvalue weighted by Crippen LogP contribution is -2.41. The predicted molar refractivity (Wildman–Crippen MR) is 152 cm³/mol. The SMILES string of the molecule is CCCCCN(CC(=O)Nc1cc(C(C)(C)C)nn1-c1ccccc1Cl)C(=O)Nc1cc(C(F)(F)F)cc(C(F)(F)F)c1. The van der Waals surface area contributed by atoms with Crippen LogP contribution in [0.15, 0.2) is 48.5 Å². The lowest BCUT2D eigenvalue weighted by Gasteiger charge is -2.23. The number of amides is 3. The fraction of sp³-hybridized carbons (Fsp3) is 0.414. The minimum atomic E-state index is -5.09. The van der Waals surface area contributed by atoms with E-state index in [1.54, 1.807) is 30.3 Å². The van der Waals surface area contributed by atoms with Crippen molar-refractivity contribution in [3.05, 3.63) is 70.4 Å². The smallest absolute Gasteiger partial charge is 0.315 e. The number of unbranched alkanes of at least 4 members (excludes halogenated alkanes) is 2. The highest BCUT2D eigenvalue weighted by Crippen LogP contribution is 2.37. The van der Waals surface area contributed by atoms with Gasteiger partial charge in [-0.15, -0.1) is 0 Å². The van der Waals surface area contributed by atoms with Gasteiger partial charge in [-0.25, -0.2) is 9.48 Å². The normalized spacial score (nSPS) is 12.3. The van der Waals surface area contributed by atoms with Gasteiger partial charge in [-0.05, 0) is 36.8 Å². The van der Waals surface area contributed by atoms with Gasteiger partial charge >= 0.3 is 18.4 Å². The summed E-state index contributed by atoms with van der Waals surface area (Å²) in [4.78, 5) is 27.4. The van der Waals surface area contributed by atoms with Crippen molar-refractivity contribution in [2.45, 2.75) is 64.7 Å². The molecule has 0 fully saturated rings. The van der Waals surface area contributed by atoms with Gasteiger partial charge in [0.15, 0.2) is 0 Å². The molecule has 7 nitrogen and oxygen atoms in total. The number of benzene rings is 2. The largest absolute Gasteiger partial charge is 0.416 e. The molecular formula is C29H32ClF6N5O2. The molecule has 1 aromatic heterocycles. The molecule has 234 valence electrons. The fourth-order valence-electron chi connectivity index (χ4n) is 4.03. The van der Waals surface area contributed by atoms with Gasteiger partial charge in [0, 0.05) is 23.7 Å². The molecule has 0 spiro atoms. The number of alkyl halides is 6. The Kier molecular flexibility index (Phi) is 10.4. The van der Waals surface area contributed by atoms with Crippen molar-refractivity contribution in [2.24, 2.45) is 0 Å². The van der Waals surface area contributed by atoms with Crippen LogP contribution in [0, 0.1) is 0 Å². The Hall–Kier alpha value is -3.74. The zero-order chi connectivity index (χ0) is 32.2. The van der Waals surface area contributed by atoms with Gasteiger partial charge in [-0.1, -0.05) is 64.3 Å². The average molecular weight is 632 g/mol. The number of rotatable bonds is 9. The molecule has 3 amide bonds. The number of carbonyl (C=O) groups is 2. The van der Waals surface area contributed by atoms with Gasteiger partial charge in [0.05, 0.1) is 27.5 Å². The summed E-state index contributed by atoms with van der Waals surface area (Å²) < 4.78 is 81.3. The molecule has 0 radical (unpaired) electrons. The first-order valence-electron chi connectivity index (χ1n) is 13.4. The maximum absolute atomic E-state index is 13.3. The molecule has 0 atom stereocenters. The number of urea groups is 1. The number of aromatic nitrogens is 2. The topological polar surface area (TPSA) is 79.3 Å². The van der Waals surface area contributed by atoms with Crippen molar-refractivity contribution < 1.29 is 35.9 Å². The van der Waals surface area contributed by atoms with Crippen LogP contribution in [-0.2, 0) is 22.6 Å². The van der Waals surface area contributed by atoms with Crippen LogP contribution in [0.1, 0.15) is 63.8 Å². The quantitative estimate of drug-likeness (QED) is 0.184. The summed E-state index contributed by atoms with van der Waals surface area (Å²) in [6.07, 6.45) is -8.30. The lowest BCUT2D eigenvalue weighted by atomic mass is 9.92. The Morgan fingerprint density at radius 2 is 1.51 bits per heavy atom. The molecule has 0 aliphatic rings. The molecule has 0 saturated heterocycles. The van der Waals surface area contributed by atoms with Crippen molar-refractivity contribution >= 4 is 35.0 Å². The van der Waals surface area contributed by atoms with E-state index in [0.29, 0.717) is 41.4 Å². The van der Waals surface area contributed by atoms with E-state index in [2.05, 4.69) is 15.7 Å². The number of nitrogens with one attached hydrogen (secondary N) is 2. The molecule has 1 heterocycles. The standard InChI is InChI=1S/C29H32ClF6N5O2/c1-5-6-9-12-40(26(43)37-20-14-18(28(31,32)33)13-19(15-20)29(34,35)36)17-25(42)38-24-16-23(27(2,3)4)39-41(24)22-11-8-7-10-21(22)30/h7-8,10-11,13-16H,5-6,9,12,17H2,1-4H3,(H,37,43)(H,38,42). The molecular weight excluding hydrogens is 600 g/mol. The van der Waals surface area contributed by atoms with E-state index >= 15 is 0 Å². The van der Waals surface area contributed by atoms with E-state index < -0.39 is 53.1 Å². The molecule has 0 saturated carbocycles. The Labute approximate surface area is 250 Å². The Morgan fingerprint density at radius 1 is 0.907 bits per heavy atom. The molecule has 0 unspecified atom stereocenters. The van der Waals surface area contributed by atoms with Gasteiger partial charge < -0.3 is 15.5 Å². The second kappa shape index (κ2) is 13.3. The van der Waals surface area contributed by atoms with Crippen LogP contribution in [0.25, 0.3) is 5.69 Å². The van der Waals surface area contributed by atoms with Gasteiger partial charge in [0.2, 0.25) is 5.91 Å². The fourth-order valence-corrected chi connectivity index (χ4v) is 4.25. The van der Waals surface area contributed by atoms with Crippen molar-refractivity contribution in [3.63, 3.8) is 0 Å². The second-order valence-corrected chi connectivity index (χ2v) is 11.3. The number of halogens is 7. The molecule has 43 heavy (non-hydrogen) atoms. The predicted octanol–water partition coefficient (Wildman–Crippen LogP) is 8.52. The van der Waals surface area contributed by atoms with Gasteiger partial charge in [-0.2, -0.15) is 31.4 Å². The van der Waals surface area contributed by atoms with Crippen LogP contribution in [0.2, 0.25) is 5.02 Å². The van der Waals surface area contributed by atoms with Gasteiger partial charge in [0.25, 0.3) is 0 Å². The molecule has 14 heteroatoms. The van der Waals surface area contributed by atoms with Crippen LogP contribution >= 0.6 is 11.6 Å². The molecule has 3 aromatic rings. The molecule has 3 rings (SSSR count). The number of para-hydroxylation sites is 1. The van der Waals surface area contributed by atoms with Gasteiger partial charge in [-0.3, -0.25) is 4.79 Å². The number of hydrogen-bond donors (Lipinski definition) is 2. The van der Waals surface area contributed by atoms with Crippen molar-refractivity contribution in [2.75, 3.05) is 23.7 Å². The van der Waals surface area contributed by atoms with Crippen LogP contribution in [-0.4, -0.2) is 39.7 Å². The Balaban J connectivity index is 1.89. The third kappa shape index (κ3) is 9.12. The van der Waals surface area contributed by atoms with Gasteiger partial charge in [0.1, 0.15) is 12.4 Å². The summed E-state index contributed by atoms with van der Waals surface area (Å²) in [7, 11) is 0. The number of carbonyl (C=O) groups excluding carboxylic acids is 2. The van der Waals surface area contributed by atoms with E-state index in [9.17, 15) is 35.9 Å². The van der Waals surface area contributed by atoms with E-state index in [0.717, 1.165) is 11.3 Å². The number of hydrogen-bond acceptors (Lipinski definition) is 3. The second-order valence-electron chi connectivity index (χ2n) is 10.9. The highest BCUT2D eigenvalue weighted by Gasteiger charge is 2.37. The van der Waals surface area contributed by atoms with Crippen LogP contribution < -0.4 is 10.6 Å². The minimum absolute atomic E-state index is 0.0230. The molecule has 0 aliphatic carbocycles. The minimum Gasteiger partial charge on any atom is -0.315 e. The van der Waals surface area contributed by atoms with Crippen molar-refractivity contribution in [1.82, 2.24) is 14.7 Å². The zero-order valence-corrected chi connectivity index (χ0v) is 24.7. The highest BCUT2D eigenvalue weighted by atomic mass is 35.5.